The highest BCUT2D eigenvalue weighted by molar-refractivity contribution is 5.72. The summed E-state index contributed by atoms with van der Waals surface area (Å²) in [5.74, 6) is 0. The molecule has 4 nitrogen and oxygen atoms in total. The standard InChI is InChI=1S/C9H5N2O2/c1-7-3-2-4-8(10-5-12)9(7)11-6-13/h2-4H,1H2. The second-order valence-corrected chi connectivity index (χ2v) is 2.19. The average Bonchev–Trinajstić information content (AvgIpc) is 2.11. The lowest BCUT2D eigenvalue weighted by atomic mass is 10.2. The monoisotopic (exact) mass is 173 g/mol. The van der Waals surface area contributed by atoms with Crippen LogP contribution in [0.15, 0.2) is 28.2 Å². The zero-order chi connectivity index (χ0) is 9.68. The van der Waals surface area contributed by atoms with Crippen molar-refractivity contribution < 1.29 is 9.59 Å². The van der Waals surface area contributed by atoms with Crippen molar-refractivity contribution in [3.05, 3.63) is 30.7 Å². The van der Waals surface area contributed by atoms with E-state index in [1.165, 1.54) is 18.2 Å². The Hall–Kier alpha value is -2.02. The number of rotatable bonds is 2. The minimum atomic E-state index is 0.251. The number of nitrogens with zero attached hydrogens (tertiary/aromatic N) is 2. The Bertz CT molecular complexity index is 414. The molecule has 0 N–H and O–H groups in total. The largest absolute Gasteiger partial charge is 0.240 e. The number of hydrogen-bond donors (Lipinski definition) is 0. The van der Waals surface area contributed by atoms with E-state index in [-0.39, 0.29) is 11.4 Å². The molecule has 0 unspecified atom stereocenters. The number of benzene rings is 1. The summed E-state index contributed by atoms with van der Waals surface area (Å²) in [6, 6.07) is 4.85. The Morgan fingerprint density at radius 2 is 1.85 bits per heavy atom. The van der Waals surface area contributed by atoms with Crippen molar-refractivity contribution in [2.45, 2.75) is 0 Å². The molecule has 0 aromatic heterocycles. The van der Waals surface area contributed by atoms with Gasteiger partial charge in [-0.05, 0) is 18.6 Å². The number of aliphatic imine (C=N–C) groups is 2. The van der Waals surface area contributed by atoms with Gasteiger partial charge >= 0.3 is 0 Å². The van der Waals surface area contributed by atoms with Crippen molar-refractivity contribution in [3.63, 3.8) is 0 Å². The molecule has 0 saturated heterocycles. The molecule has 0 spiro atoms. The topological polar surface area (TPSA) is 58.9 Å². The van der Waals surface area contributed by atoms with Gasteiger partial charge in [0.05, 0.1) is 0 Å². The van der Waals surface area contributed by atoms with Gasteiger partial charge in [-0.3, -0.25) is 0 Å². The van der Waals surface area contributed by atoms with Crippen LogP contribution in [-0.4, -0.2) is 12.2 Å². The Kier molecular flexibility index (Phi) is 2.87. The number of hydrogen-bond acceptors (Lipinski definition) is 4. The van der Waals surface area contributed by atoms with Gasteiger partial charge in [-0.1, -0.05) is 12.1 Å². The molecule has 0 aliphatic carbocycles. The molecule has 63 valence electrons. The van der Waals surface area contributed by atoms with Crippen molar-refractivity contribution in [2.75, 3.05) is 0 Å². The van der Waals surface area contributed by atoms with E-state index in [0.717, 1.165) is 0 Å². The molecule has 0 fully saturated rings. The third-order valence-electron chi connectivity index (χ3n) is 1.42. The molecule has 0 heterocycles. The summed E-state index contributed by atoms with van der Waals surface area (Å²) < 4.78 is 0. The highest BCUT2D eigenvalue weighted by atomic mass is 16.1. The Labute approximate surface area is 74.6 Å². The SMILES string of the molecule is [CH2]c1cccc(N=C=O)c1N=C=O. The van der Waals surface area contributed by atoms with Crippen LogP contribution in [0.4, 0.5) is 11.4 Å². The first-order chi connectivity index (χ1) is 6.29. The summed E-state index contributed by atoms with van der Waals surface area (Å²) in [5.41, 5.74) is 1.03. The first-order valence-electron chi connectivity index (χ1n) is 3.40. The van der Waals surface area contributed by atoms with Crippen molar-refractivity contribution in [3.8, 4) is 0 Å². The summed E-state index contributed by atoms with van der Waals surface area (Å²) in [6.45, 7) is 3.62. The van der Waals surface area contributed by atoms with Crippen molar-refractivity contribution >= 4 is 23.5 Å². The van der Waals surface area contributed by atoms with Gasteiger partial charge in [-0.2, -0.15) is 9.98 Å². The van der Waals surface area contributed by atoms with E-state index in [1.807, 2.05) is 0 Å². The second kappa shape index (κ2) is 4.12. The highest BCUT2D eigenvalue weighted by Gasteiger charge is 2.02. The Morgan fingerprint density at radius 3 is 2.46 bits per heavy atom. The molecule has 0 saturated carbocycles. The van der Waals surface area contributed by atoms with Crippen LogP contribution in [0, 0.1) is 6.92 Å². The minimum absolute atomic E-state index is 0.251. The van der Waals surface area contributed by atoms with Gasteiger partial charge in [0.25, 0.3) is 0 Å². The van der Waals surface area contributed by atoms with Crippen LogP contribution in [0.1, 0.15) is 5.56 Å². The zero-order valence-electron chi connectivity index (χ0n) is 6.65. The normalized spacial score (nSPS) is 8.38. The second-order valence-electron chi connectivity index (χ2n) is 2.19. The predicted molar refractivity (Wildman–Crippen MR) is 46.5 cm³/mol. The van der Waals surface area contributed by atoms with E-state index in [9.17, 15) is 9.59 Å². The van der Waals surface area contributed by atoms with Crippen LogP contribution in [0.25, 0.3) is 0 Å². The maximum atomic E-state index is 10.0. The summed E-state index contributed by atoms with van der Waals surface area (Å²) in [7, 11) is 0. The molecule has 1 aromatic rings. The van der Waals surface area contributed by atoms with E-state index in [1.54, 1.807) is 12.1 Å². The summed E-state index contributed by atoms with van der Waals surface area (Å²) in [6.07, 6.45) is 2.74. The third kappa shape index (κ3) is 1.97. The fourth-order valence-corrected chi connectivity index (χ4v) is 0.892. The van der Waals surface area contributed by atoms with E-state index in [0.29, 0.717) is 5.56 Å². The molecule has 0 amide bonds. The molecule has 1 radical (unpaired) electrons. The van der Waals surface area contributed by atoms with Crippen molar-refractivity contribution in [1.82, 2.24) is 0 Å². The van der Waals surface area contributed by atoms with Crippen molar-refractivity contribution in [1.29, 1.82) is 0 Å². The van der Waals surface area contributed by atoms with Crippen LogP contribution in [0.3, 0.4) is 0 Å². The van der Waals surface area contributed by atoms with Crippen LogP contribution >= 0.6 is 0 Å². The smallest absolute Gasteiger partial charge is 0.211 e. The average molecular weight is 173 g/mol. The molecule has 13 heavy (non-hydrogen) atoms. The molecule has 1 rings (SSSR count). The highest BCUT2D eigenvalue weighted by Crippen LogP contribution is 2.30. The van der Waals surface area contributed by atoms with E-state index < -0.39 is 0 Å². The number of isocyanates is 2. The van der Waals surface area contributed by atoms with E-state index in [4.69, 9.17) is 0 Å². The van der Waals surface area contributed by atoms with Crippen LogP contribution < -0.4 is 0 Å². The quantitative estimate of drug-likeness (QED) is 0.505. The minimum Gasteiger partial charge on any atom is -0.211 e. The van der Waals surface area contributed by atoms with Gasteiger partial charge in [-0.25, -0.2) is 9.59 Å². The van der Waals surface area contributed by atoms with Gasteiger partial charge < -0.3 is 0 Å². The molecular weight excluding hydrogens is 168 g/mol. The van der Waals surface area contributed by atoms with E-state index >= 15 is 0 Å². The summed E-state index contributed by atoms with van der Waals surface area (Å²) in [5, 5.41) is 0. The molecule has 0 aliphatic rings. The maximum absolute atomic E-state index is 10.0. The lowest BCUT2D eigenvalue weighted by Gasteiger charge is -1.98. The van der Waals surface area contributed by atoms with E-state index in [2.05, 4.69) is 16.9 Å². The summed E-state index contributed by atoms with van der Waals surface area (Å²) in [4.78, 5) is 26.8. The molecule has 1 aromatic carbocycles. The first kappa shape index (κ1) is 9.07. The molecule has 4 heteroatoms. The maximum Gasteiger partial charge on any atom is 0.240 e. The predicted octanol–water partition coefficient (Wildman–Crippen LogP) is 1.80. The molecule has 0 atom stereocenters. The third-order valence-corrected chi connectivity index (χ3v) is 1.42. The number of para-hydroxylation sites is 1. The molecule has 0 aliphatic heterocycles. The Morgan fingerprint density at radius 1 is 1.15 bits per heavy atom. The lowest BCUT2D eigenvalue weighted by Crippen LogP contribution is -1.74. The zero-order valence-corrected chi connectivity index (χ0v) is 6.65. The number of carbonyl (C=O) groups excluding carboxylic acids is 2. The lowest BCUT2D eigenvalue weighted by molar-refractivity contribution is 0.564. The van der Waals surface area contributed by atoms with Crippen molar-refractivity contribution in [2.24, 2.45) is 9.98 Å². The fraction of sp³-hybridized carbons (Fsp3) is 0. The van der Waals surface area contributed by atoms with Gasteiger partial charge in [0.1, 0.15) is 11.4 Å². The van der Waals surface area contributed by atoms with Crippen LogP contribution in [0.2, 0.25) is 0 Å². The van der Waals surface area contributed by atoms with Crippen LogP contribution in [0.5, 0.6) is 0 Å². The van der Waals surface area contributed by atoms with Gasteiger partial charge in [0, 0.05) is 0 Å². The molecule has 0 bridgehead atoms. The molecular formula is C9H5N2O2. The van der Waals surface area contributed by atoms with Crippen LogP contribution in [-0.2, 0) is 9.59 Å². The fourth-order valence-electron chi connectivity index (χ4n) is 0.892. The van der Waals surface area contributed by atoms with Gasteiger partial charge in [0.2, 0.25) is 12.2 Å². The summed E-state index contributed by atoms with van der Waals surface area (Å²) >= 11 is 0. The first-order valence-corrected chi connectivity index (χ1v) is 3.40. The van der Waals surface area contributed by atoms with Gasteiger partial charge in [-0.15, -0.1) is 0 Å². The van der Waals surface area contributed by atoms with Gasteiger partial charge in [0.15, 0.2) is 0 Å². The Balaban J connectivity index is 3.41.